The van der Waals surface area contributed by atoms with Gasteiger partial charge >= 0.3 is 0 Å². The van der Waals surface area contributed by atoms with Crippen LogP contribution >= 0.6 is 35.7 Å². The lowest BCUT2D eigenvalue weighted by Crippen LogP contribution is -2.41. The molecule has 104 valence electrons. The standard InChI is InChI=1S/C11H18F2N2S3/c1-3-6-17-9(16)18-8-11(12,13)10(2,7-15)4-5-14/h3-6,8,14H2,1-2H3. The lowest BCUT2D eigenvalue weighted by atomic mass is 9.82. The molecule has 2 N–H and O–H groups in total. The Hall–Kier alpha value is 0.1000. The van der Waals surface area contributed by atoms with Crippen molar-refractivity contribution < 1.29 is 8.78 Å². The van der Waals surface area contributed by atoms with E-state index in [2.05, 4.69) is 0 Å². The van der Waals surface area contributed by atoms with E-state index < -0.39 is 17.1 Å². The fourth-order valence-electron chi connectivity index (χ4n) is 1.15. The molecule has 0 rings (SSSR count). The molecule has 2 nitrogen and oxygen atoms in total. The van der Waals surface area contributed by atoms with E-state index in [0.29, 0.717) is 3.53 Å². The first kappa shape index (κ1) is 18.1. The molecule has 0 aromatic carbocycles. The molecule has 0 heterocycles. The van der Waals surface area contributed by atoms with Crippen molar-refractivity contribution in [2.24, 2.45) is 11.1 Å². The topological polar surface area (TPSA) is 49.8 Å². The Morgan fingerprint density at radius 1 is 1.44 bits per heavy atom. The summed E-state index contributed by atoms with van der Waals surface area (Å²) in [5.74, 6) is -2.73. The van der Waals surface area contributed by atoms with Crippen LogP contribution in [-0.2, 0) is 0 Å². The molecule has 0 aliphatic heterocycles. The second-order valence-electron chi connectivity index (χ2n) is 4.07. The largest absolute Gasteiger partial charge is 0.330 e. The van der Waals surface area contributed by atoms with Crippen molar-refractivity contribution in [1.82, 2.24) is 0 Å². The smallest absolute Gasteiger partial charge is 0.275 e. The number of thiocarbonyl (C=S) groups is 1. The summed E-state index contributed by atoms with van der Waals surface area (Å²) in [5.41, 5.74) is 3.56. The van der Waals surface area contributed by atoms with Gasteiger partial charge in [-0.15, -0.1) is 23.5 Å². The van der Waals surface area contributed by atoms with Crippen LogP contribution in [0.25, 0.3) is 0 Å². The number of nitrogens with zero attached hydrogens (tertiary/aromatic N) is 1. The highest BCUT2D eigenvalue weighted by Crippen LogP contribution is 2.41. The van der Waals surface area contributed by atoms with Crippen LogP contribution in [0.5, 0.6) is 0 Å². The molecule has 1 unspecified atom stereocenters. The summed E-state index contributed by atoms with van der Waals surface area (Å²) in [5, 5.41) is 8.93. The zero-order valence-corrected chi connectivity index (χ0v) is 13.0. The lowest BCUT2D eigenvalue weighted by molar-refractivity contribution is -0.0658. The number of rotatable bonds is 7. The zero-order valence-electron chi connectivity index (χ0n) is 10.5. The summed E-state index contributed by atoms with van der Waals surface area (Å²) in [4.78, 5) is 0. The highest BCUT2D eigenvalue weighted by Gasteiger charge is 2.50. The average molecular weight is 312 g/mol. The molecule has 0 fully saturated rings. The van der Waals surface area contributed by atoms with Crippen LogP contribution in [0, 0.1) is 16.7 Å². The maximum Gasteiger partial charge on any atom is 0.275 e. The van der Waals surface area contributed by atoms with Crippen LogP contribution < -0.4 is 5.73 Å². The summed E-state index contributed by atoms with van der Waals surface area (Å²) in [7, 11) is 0. The Morgan fingerprint density at radius 3 is 2.50 bits per heavy atom. The average Bonchev–Trinajstić information content (AvgIpc) is 2.33. The Morgan fingerprint density at radius 2 is 2.06 bits per heavy atom. The van der Waals surface area contributed by atoms with Crippen LogP contribution in [0.3, 0.4) is 0 Å². The van der Waals surface area contributed by atoms with Crippen LogP contribution in [0.15, 0.2) is 0 Å². The molecule has 0 amide bonds. The monoisotopic (exact) mass is 312 g/mol. The number of hydrogen-bond acceptors (Lipinski definition) is 5. The van der Waals surface area contributed by atoms with Crippen molar-refractivity contribution in [3.05, 3.63) is 0 Å². The van der Waals surface area contributed by atoms with Gasteiger partial charge in [-0.2, -0.15) is 5.26 Å². The van der Waals surface area contributed by atoms with E-state index in [9.17, 15) is 8.78 Å². The number of nitrogens with two attached hydrogens (primary N) is 1. The number of halogens is 2. The minimum Gasteiger partial charge on any atom is -0.330 e. The number of alkyl halides is 2. The second-order valence-corrected chi connectivity index (χ2v) is 7.35. The van der Waals surface area contributed by atoms with E-state index in [1.54, 1.807) is 6.07 Å². The van der Waals surface area contributed by atoms with Gasteiger partial charge < -0.3 is 5.73 Å². The van der Waals surface area contributed by atoms with E-state index >= 15 is 0 Å². The van der Waals surface area contributed by atoms with Crippen molar-refractivity contribution >= 4 is 39.3 Å². The molecular weight excluding hydrogens is 294 g/mol. The van der Waals surface area contributed by atoms with Gasteiger partial charge in [-0.1, -0.05) is 19.1 Å². The van der Waals surface area contributed by atoms with Gasteiger partial charge in [-0.05, 0) is 32.1 Å². The van der Waals surface area contributed by atoms with E-state index in [0.717, 1.165) is 23.9 Å². The third-order valence-corrected chi connectivity index (χ3v) is 5.50. The predicted molar refractivity (Wildman–Crippen MR) is 80.1 cm³/mol. The zero-order chi connectivity index (χ0) is 14.2. The Balaban J connectivity index is 4.46. The Labute approximate surface area is 121 Å². The summed E-state index contributed by atoms with van der Waals surface area (Å²) < 4.78 is 28.5. The van der Waals surface area contributed by atoms with Crippen molar-refractivity contribution in [2.75, 3.05) is 18.1 Å². The van der Waals surface area contributed by atoms with Gasteiger partial charge in [0.15, 0.2) is 0 Å². The highest BCUT2D eigenvalue weighted by molar-refractivity contribution is 8.47. The summed E-state index contributed by atoms with van der Waals surface area (Å²) in [6.45, 7) is 3.32. The first-order valence-corrected chi connectivity index (χ1v) is 7.99. The predicted octanol–water partition coefficient (Wildman–Crippen LogP) is 3.66. The summed E-state index contributed by atoms with van der Waals surface area (Å²) >= 11 is 7.34. The van der Waals surface area contributed by atoms with Gasteiger partial charge in [0.25, 0.3) is 5.92 Å². The molecular formula is C11H18F2N2S3. The molecule has 0 spiro atoms. The van der Waals surface area contributed by atoms with Crippen LogP contribution in [0.4, 0.5) is 8.78 Å². The quantitative estimate of drug-likeness (QED) is 0.727. The fourth-order valence-corrected chi connectivity index (χ4v) is 3.32. The number of thioether (sulfide) groups is 2. The molecule has 1 atom stereocenters. The maximum absolute atomic E-state index is 14.0. The van der Waals surface area contributed by atoms with Gasteiger partial charge in [0.2, 0.25) is 0 Å². The van der Waals surface area contributed by atoms with Crippen molar-refractivity contribution in [3.8, 4) is 6.07 Å². The Kier molecular flexibility index (Phi) is 8.35. The molecule has 0 aliphatic carbocycles. The van der Waals surface area contributed by atoms with E-state index in [1.807, 2.05) is 6.92 Å². The first-order valence-electron chi connectivity index (χ1n) is 5.61. The minimum atomic E-state index is -3.09. The highest BCUT2D eigenvalue weighted by atomic mass is 32.2. The SMILES string of the molecule is CCCSC(=S)SCC(F)(F)C(C)(C#N)CCN. The molecule has 0 aliphatic rings. The van der Waals surface area contributed by atoms with Crippen molar-refractivity contribution in [2.45, 2.75) is 32.6 Å². The molecule has 0 saturated carbocycles. The summed E-state index contributed by atoms with van der Waals surface area (Å²) in [6, 6.07) is 1.69. The van der Waals surface area contributed by atoms with Crippen LogP contribution in [0.1, 0.15) is 26.7 Å². The molecule has 0 aromatic rings. The number of nitriles is 1. The third kappa shape index (κ3) is 5.39. The van der Waals surface area contributed by atoms with Crippen molar-refractivity contribution in [1.29, 1.82) is 5.26 Å². The van der Waals surface area contributed by atoms with Gasteiger partial charge in [0.05, 0.1) is 11.8 Å². The lowest BCUT2D eigenvalue weighted by Gasteiger charge is -2.30. The van der Waals surface area contributed by atoms with Crippen molar-refractivity contribution in [3.63, 3.8) is 0 Å². The summed E-state index contributed by atoms with van der Waals surface area (Å²) in [6.07, 6.45) is 0.927. The second kappa shape index (κ2) is 8.31. The van der Waals surface area contributed by atoms with E-state index in [4.69, 9.17) is 23.2 Å². The first-order chi connectivity index (χ1) is 8.33. The Bertz CT molecular complexity index is 318. The van der Waals surface area contributed by atoms with Crippen LogP contribution in [-0.4, -0.2) is 27.5 Å². The van der Waals surface area contributed by atoms with Gasteiger partial charge in [-0.3, -0.25) is 0 Å². The molecule has 0 aromatic heterocycles. The minimum absolute atomic E-state index is 0.0219. The van der Waals surface area contributed by atoms with E-state index in [1.165, 1.54) is 18.7 Å². The van der Waals surface area contributed by atoms with Gasteiger partial charge in [-0.25, -0.2) is 8.78 Å². The van der Waals surface area contributed by atoms with Gasteiger partial charge in [0, 0.05) is 0 Å². The fraction of sp³-hybridized carbons (Fsp3) is 0.818. The molecule has 0 radical (unpaired) electrons. The van der Waals surface area contributed by atoms with Gasteiger partial charge in [0.1, 0.15) is 8.94 Å². The molecule has 0 bridgehead atoms. The van der Waals surface area contributed by atoms with Crippen LogP contribution in [0.2, 0.25) is 0 Å². The maximum atomic E-state index is 14.0. The number of hydrogen-bond donors (Lipinski definition) is 1. The third-order valence-electron chi connectivity index (χ3n) is 2.49. The van der Waals surface area contributed by atoms with E-state index in [-0.39, 0.29) is 13.0 Å². The molecule has 0 saturated heterocycles. The normalized spacial score (nSPS) is 14.9. The molecule has 7 heteroatoms. The molecule has 18 heavy (non-hydrogen) atoms.